The summed E-state index contributed by atoms with van der Waals surface area (Å²) in [4.78, 5) is 39.3. The minimum atomic E-state index is -0.714. The summed E-state index contributed by atoms with van der Waals surface area (Å²) in [5.74, 6) is -1.57. The maximum absolute atomic E-state index is 13.1. The van der Waals surface area contributed by atoms with Gasteiger partial charge in [0.15, 0.2) is 5.69 Å². The lowest BCUT2D eigenvalue weighted by Crippen LogP contribution is -2.29. The first-order chi connectivity index (χ1) is 16.6. The Morgan fingerprint density at radius 2 is 1.80 bits per heavy atom. The van der Waals surface area contributed by atoms with Crippen molar-refractivity contribution in [3.63, 3.8) is 0 Å². The van der Waals surface area contributed by atoms with E-state index in [1.807, 2.05) is 26.0 Å². The molecule has 0 radical (unpaired) electrons. The number of azo groups is 1. The second-order valence-corrected chi connectivity index (χ2v) is 8.63. The van der Waals surface area contributed by atoms with Crippen molar-refractivity contribution in [1.82, 2.24) is 9.47 Å². The van der Waals surface area contributed by atoms with Gasteiger partial charge >= 0.3 is 0 Å². The van der Waals surface area contributed by atoms with Crippen LogP contribution < -0.4 is 5.56 Å². The predicted octanol–water partition coefficient (Wildman–Crippen LogP) is 3.82. The average molecular weight is 541 g/mol. The van der Waals surface area contributed by atoms with Crippen LogP contribution in [0.5, 0.6) is 5.88 Å². The highest BCUT2D eigenvalue weighted by Gasteiger charge is 2.38. The third-order valence-corrected chi connectivity index (χ3v) is 6.17. The minimum absolute atomic E-state index is 0.0320. The zero-order valence-electron chi connectivity index (χ0n) is 19.4. The summed E-state index contributed by atoms with van der Waals surface area (Å²) < 4.78 is 6.50. The molecule has 2 aromatic rings. The number of nitrogens with zero attached hydrogens (tertiary/aromatic N) is 6. The number of imide groups is 1. The lowest BCUT2D eigenvalue weighted by Gasteiger charge is -2.14. The van der Waals surface area contributed by atoms with Crippen LogP contribution in [0.2, 0.25) is 0 Å². The summed E-state index contributed by atoms with van der Waals surface area (Å²) in [6.07, 6.45) is -0.104. The van der Waals surface area contributed by atoms with E-state index in [9.17, 15) is 30.0 Å². The SMILES string of the molecule is CCN1C(=O)c2cc(C#N)c(N=Nc3c(C)c(C#N)c(O)n(CCOC(C)C)c3=O)c(Br)c2C1=O. The molecule has 0 spiro atoms. The van der Waals surface area contributed by atoms with Gasteiger partial charge in [0.2, 0.25) is 5.88 Å². The van der Waals surface area contributed by atoms with Crippen molar-refractivity contribution in [3.05, 3.63) is 48.7 Å². The lowest BCUT2D eigenvalue weighted by molar-refractivity contribution is 0.0662. The Bertz CT molecular complexity index is 1410. The normalized spacial score (nSPS) is 13.0. The zero-order valence-corrected chi connectivity index (χ0v) is 21.0. The number of hydrogen-bond acceptors (Lipinski definition) is 9. The van der Waals surface area contributed by atoms with Gasteiger partial charge in [-0.15, -0.1) is 10.2 Å². The number of rotatable bonds is 7. The maximum Gasteiger partial charge on any atom is 0.281 e. The number of amides is 2. The van der Waals surface area contributed by atoms with Gasteiger partial charge in [0.25, 0.3) is 17.4 Å². The van der Waals surface area contributed by atoms with Crippen LogP contribution in [0.4, 0.5) is 11.4 Å². The van der Waals surface area contributed by atoms with E-state index in [2.05, 4.69) is 26.2 Å². The van der Waals surface area contributed by atoms with Crippen LogP contribution in [0.3, 0.4) is 0 Å². The molecule has 2 amide bonds. The number of carbonyl (C=O) groups excluding carboxylic acids is 2. The number of fused-ring (bicyclic) bond motifs is 1. The van der Waals surface area contributed by atoms with Gasteiger partial charge < -0.3 is 9.84 Å². The van der Waals surface area contributed by atoms with Crippen LogP contribution >= 0.6 is 15.9 Å². The highest BCUT2D eigenvalue weighted by atomic mass is 79.9. The highest BCUT2D eigenvalue weighted by Crippen LogP contribution is 2.40. The number of ether oxygens (including phenoxy) is 1. The fourth-order valence-corrected chi connectivity index (χ4v) is 4.28. The van der Waals surface area contributed by atoms with Gasteiger partial charge in [-0.2, -0.15) is 10.5 Å². The molecule has 2 heterocycles. The molecule has 35 heavy (non-hydrogen) atoms. The molecule has 1 N–H and O–H groups in total. The molecular weight excluding hydrogens is 520 g/mol. The number of aromatic nitrogens is 1. The Morgan fingerprint density at radius 3 is 2.37 bits per heavy atom. The number of benzene rings is 1. The van der Waals surface area contributed by atoms with E-state index >= 15 is 0 Å². The summed E-state index contributed by atoms with van der Waals surface area (Å²) in [6.45, 7) is 6.95. The van der Waals surface area contributed by atoms with Gasteiger partial charge in [0.1, 0.15) is 23.4 Å². The van der Waals surface area contributed by atoms with Crippen molar-refractivity contribution in [2.75, 3.05) is 13.2 Å². The molecule has 0 bridgehead atoms. The first-order valence-electron chi connectivity index (χ1n) is 10.6. The Morgan fingerprint density at radius 1 is 1.14 bits per heavy atom. The zero-order chi connectivity index (χ0) is 26.0. The minimum Gasteiger partial charge on any atom is -0.493 e. The number of carbonyl (C=O) groups is 2. The van der Waals surface area contributed by atoms with E-state index in [-0.39, 0.29) is 69.5 Å². The van der Waals surface area contributed by atoms with E-state index in [0.717, 1.165) is 9.47 Å². The van der Waals surface area contributed by atoms with E-state index < -0.39 is 23.3 Å². The van der Waals surface area contributed by atoms with Crippen LogP contribution in [-0.2, 0) is 11.3 Å². The van der Waals surface area contributed by atoms with Crippen LogP contribution in [0.1, 0.15) is 58.2 Å². The van der Waals surface area contributed by atoms with Crippen LogP contribution in [0.25, 0.3) is 0 Å². The van der Waals surface area contributed by atoms with Gasteiger partial charge in [-0.1, -0.05) is 0 Å². The molecule has 1 aromatic carbocycles. The van der Waals surface area contributed by atoms with Crippen molar-refractivity contribution in [3.8, 4) is 18.0 Å². The molecular formula is C23H21BrN6O5. The smallest absolute Gasteiger partial charge is 0.281 e. The fourth-order valence-electron chi connectivity index (χ4n) is 3.60. The van der Waals surface area contributed by atoms with Gasteiger partial charge in [-0.05, 0) is 49.7 Å². The van der Waals surface area contributed by atoms with Crippen molar-refractivity contribution in [1.29, 1.82) is 10.5 Å². The highest BCUT2D eigenvalue weighted by molar-refractivity contribution is 9.10. The molecule has 1 aromatic heterocycles. The summed E-state index contributed by atoms with van der Waals surface area (Å²) in [5, 5.41) is 37.6. The third-order valence-electron chi connectivity index (χ3n) is 5.40. The average Bonchev–Trinajstić information content (AvgIpc) is 3.06. The molecule has 11 nitrogen and oxygen atoms in total. The van der Waals surface area contributed by atoms with Gasteiger partial charge in [0, 0.05) is 12.1 Å². The number of hydrogen-bond donors (Lipinski definition) is 1. The van der Waals surface area contributed by atoms with E-state index in [4.69, 9.17) is 4.74 Å². The maximum atomic E-state index is 13.1. The summed E-state index contributed by atoms with van der Waals surface area (Å²) in [6, 6.07) is 5.04. The van der Waals surface area contributed by atoms with Crippen molar-refractivity contribution >= 4 is 39.1 Å². The van der Waals surface area contributed by atoms with Crippen LogP contribution in [0.15, 0.2) is 25.6 Å². The van der Waals surface area contributed by atoms with Gasteiger partial charge in [-0.25, -0.2) is 0 Å². The van der Waals surface area contributed by atoms with Crippen LogP contribution in [-0.4, -0.2) is 45.6 Å². The first kappa shape index (κ1) is 25.7. The first-order valence-corrected chi connectivity index (χ1v) is 11.4. The second-order valence-electron chi connectivity index (χ2n) is 7.84. The molecule has 3 rings (SSSR count). The quantitative estimate of drug-likeness (QED) is 0.412. The molecule has 0 atom stereocenters. The monoisotopic (exact) mass is 540 g/mol. The van der Waals surface area contributed by atoms with Crippen molar-refractivity contribution in [2.24, 2.45) is 10.2 Å². The largest absolute Gasteiger partial charge is 0.493 e. The molecule has 0 fully saturated rings. The van der Waals surface area contributed by atoms with E-state index in [0.29, 0.717) is 0 Å². The molecule has 12 heteroatoms. The number of nitriles is 2. The third kappa shape index (κ3) is 4.46. The second kappa shape index (κ2) is 10.2. The lowest BCUT2D eigenvalue weighted by atomic mass is 10.0. The van der Waals surface area contributed by atoms with Gasteiger partial charge in [0.05, 0.1) is 40.4 Å². The molecule has 180 valence electrons. The van der Waals surface area contributed by atoms with Gasteiger partial charge in [-0.3, -0.25) is 23.9 Å². The molecule has 1 aliphatic rings. The molecule has 1 aliphatic heterocycles. The summed E-state index contributed by atoms with van der Waals surface area (Å²) in [5.41, 5.74) is -0.971. The fraction of sp³-hybridized carbons (Fsp3) is 0.348. The molecule has 0 aliphatic carbocycles. The van der Waals surface area contributed by atoms with E-state index in [1.54, 1.807) is 6.92 Å². The van der Waals surface area contributed by atoms with E-state index in [1.165, 1.54) is 13.0 Å². The van der Waals surface area contributed by atoms with Crippen molar-refractivity contribution < 1.29 is 19.4 Å². The Hall–Kier alpha value is -3.87. The molecule has 0 unspecified atom stereocenters. The molecule has 0 saturated heterocycles. The Labute approximate surface area is 209 Å². The standard InChI is InChI=1S/C23H21BrN6O5/c1-5-29-20(31)14-8-13(9-25)19(17(24)16(14)22(29)33)28-27-18-12(4)15(10-26)21(32)30(23(18)34)6-7-35-11(2)3/h8,11,32H,5-7H2,1-4H3. The van der Waals surface area contributed by atoms with Crippen LogP contribution in [0, 0.1) is 29.6 Å². The predicted molar refractivity (Wildman–Crippen MR) is 127 cm³/mol. The topological polar surface area (TPSA) is 161 Å². The summed E-state index contributed by atoms with van der Waals surface area (Å²) in [7, 11) is 0. The Kier molecular flexibility index (Phi) is 7.48. The number of aromatic hydroxyl groups is 1. The van der Waals surface area contributed by atoms with Crippen molar-refractivity contribution in [2.45, 2.75) is 40.3 Å². The Balaban J connectivity index is 2.16. The number of pyridine rings is 1. The molecule has 0 saturated carbocycles. The number of halogens is 1. The summed E-state index contributed by atoms with van der Waals surface area (Å²) >= 11 is 3.26.